The lowest BCUT2D eigenvalue weighted by Crippen LogP contribution is -2.18. The zero-order chi connectivity index (χ0) is 20.6. The van der Waals surface area contributed by atoms with Crippen molar-refractivity contribution in [1.82, 2.24) is 41.1 Å². The number of methoxy groups -OCH3 is 1. The van der Waals surface area contributed by atoms with Crippen LogP contribution in [0.4, 0.5) is 0 Å². The molecule has 0 aliphatic heterocycles. The van der Waals surface area contributed by atoms with Crippen LogP contribution in [0, 0.1) is 0 Å². The molecule has 0 saturated heterocycles. The monoisotopic (exact) mass is 353 g/mol. The van der Waals surface area contributed by atoms with Gasteiger partial charge in [-0.25, -0.2) is 4.98 Å². The van der Waals surface area contributed by atoms with Crippen LogP contribution in [0.2, 0.25) is 0 Å². The smallest absolute Gasteiger partial charge is 0.272 e. The summed E-state index contributed by atoms with van der Waals surface area (Å²) in [6.45, 7) is -2.59. The van der Waals surface area contributed by atoms with Gasteiger partial charge >= 0.3 is 0 Å². The molecule has 1 amide bonds. The molecule has 3 heterocycles. The fourth-order valence-electron chi connectivity index (χ4n) is 2.64. The molecule has 0 atom stereocenters. The molecule has 4 rings (SSSR count). The standard InChI is InChI=1S/C16H14N8O2/c1-17-15(25)13-10-4-3-8(6-12(10)19-20-13)9-5-11(14-21-23-24-22-14)16(26-2)18-7-9/h3-7H,1-2H3,(H,17,25)(H,19,20)(H,21,22,23,24)/i1D3. The second-order valence-electron chi connectivity index (χ2n) is 5.30. The van der Waals surface area contributed by atoms with Crippen LogP contribution >= 0.6 is 0 Å². The summed E-state index contributed by atoms with van der Waals surface area (Å²) in [5.74, 6) is -0.0988. The van der Waals surface area contributed by atoms with Crippen molar-refractivity contribution in [3.8, 4) is 28.4 Å². The molecule has 0 spiro atoms. The van der Waals surface area contributed by atoms with Crippen molar-refractivity contribution >= 4 is 16.8 Å². The minimum atomic E-state index is -2.59. The first-order valence-electron chi connectivity index (χ1n) is 8.94. The van der Waals surface area contributed by atoms with Gasteiger partial charge in [-0.15, -0.1) is 10.2 Å². The van der Waals surface area contributed by atoms with Crippen LogP contribution in [0.5, 0.6) is 5.88 Å². The molecule has 130 valence electrons. The van der Waals surface area contributed by atoms with E-state index in [-0.39, 0.29) is 5.69 Å². The Hall–Kier alpha value is -3.82. The van der Waals surface area contributed by atoms with E-state index in [0.717, 1.165) is 11.1 Å². The van der Waals surface area contributed by atoms with E-state index in [2.05, 4.69) is 35.8 Å². The van der Waals surface area contributed by atoms with E-state index in [1.165, 1.54) is 7.11 Å². The van der Waals surface area contributed by atoms with Gasteiger partial charge in [0.25, 0.3) is 5.91 Å². The Morgan fingerprint density at radius 3 is 2.96 bits per heavy atom. The van der Waals surface area contributed by atoms with Gasteiger partial charge in [-0.2, -0.15) is 10.3 Å². The van der Waals surface area contributed by atoms with Crippen LogP contribution in [0.3, 0.4) is 0 Å². The van der Waals surface area contributed by atoms with Gasteiger partial charge in [0.2, 0.25) is 11.7 Å². The number of rotatable bonds is 4. The molecule has 0 aliphatic rings. The minimum absolute atomic E-state index is 0.00279. The quantitative estimate of drug-likeness (QED) is 0.501. The first-order valence-corrected chi connectivity index (χ1v) is 7.44. The maximum Gasteiger partial charge on any atom is 0.272 e. The maximum atomic E-state index is 12.1. The van der Waals surface area contributed by atoms with Gasteiger partial charge in [-0.3, -0.25) is 9.89 Å². The first kappa shape index (κ1) is 12.5. The normalized spacial score (nSPS) is 13.0. The lowest BCUT2D eigenvalue weighted by molar-refractivity contribution is 0.0959. The second-order valence-corrected chi connectivity index (χ2v) is 5.30. The predicted octanol–water partition coefficient (Wildman–Crippen LogP) is 1.17. The molecule has 0 aliphatic carbocycles. The van der Waals surface area contributed by atoms with Crippen LogP contribution in [-0.4, -0.2) is 55.8 Å². The van der Waals surface area contributed by atoms with E-state index in [1.54, 1.807) is 30.5 Å². The van der Waals surface area contributed by atoms with Crippen LogP contribution in [-0.2, 0) is 0 Å². The number of hydrogen-bond acceptors (Lipinski definition) is 7. The molecule has 0 fully saturated rings. The van der Waals surface area contributed by atoms with Crippen LogP contribution in [0.1, 0.15) is 14.6 Å². The Balaban J connectivity index is 1.73. The number of nitrogens with zero attached hydrogens (tertiary/aromatic N) is 5. The lowest BCUT2D eigenvalue weighted by Gasteiger charge is -2.07. The number of benzene rings is 1. The molecular weight excluding hydrogens is 336 g/mol. The fourth-order valence-corrected chi connectivity index (χ4v) is 2.64. The summed E-state index contributed by atoms with van der Waals surface area (Å²) in [7, 11) is 1.49. The minimum Gasteiger partial charge on any atom is -0.480 e. The molecule has 0 radical (unpaired) electrons. The van der Waals surface area contributed by atoms with E-state index in [4.69, 9.17) is 8.85 Å². The Bertz CT molecular complexity index is 1190. The summed E-state index contributed by atoms with van der Waals surface area (Å²) >= 11 is 0. The molecular formula is C16H14N8O2. The van der Waals surface area contributed by atoms with E-state index in [9.17, 15) is 4.79 Å². The van der Waals surface area contributed by atoms with Gasteiger partial charge in [0.1, 0.15) is 0 Å². The van der Waals surface area contributed by atoms with Crippen molar-refractivity contribution in [2.75, 3.05) is 14.1 Å². The van der Waals surface area contributed by atoms with Crippen LogP contribution < -0.4 is 10.1 Å². The third kappa shape index (κ3) is 2.53. The highest BCUT2D eigenvalue weighted by atomic mass is 16.5. The average molecular weight is 353 g/mol. The number of carbonyl (C=O) groups excluding carboxylic acids is 1. The van der Waals surface area contributed by atoms with Crippen LogP contribution in [0.15, 0.2) is 30.5 Å². The number of ether oxygens (including phenoxy) is 1. The van der Waals surface area contributed by atoms with Gasteiger partial charge in [-0.05, 0) is 29.0 Å². The number of fused-ring (bicyclic) bond motifs is 1. The van der Waals surface area contributed by atoms with E-state index in [0.29, 0.717) is 28.2 Å². The molecule has 10 heteroatoms. The van der Waals surface area contributed by atoms with E-state index < -0.39 is 12.9 Å². The molecule has 0 bridgehead atoms. The third-order valence-corrected chi connectivity index (χ3v) is 3.86. The van der Waals surface area contributed by atoms with Gasteiger partial charge in [-0.1, -0.05) is 6.07 Å². The Morgan fingerprint density at radius 1 is 1.27 bits per heavy atom. The molecule has 1 aromatic carbocycles. The second kappa shape index (κ2) is 6.24. The zero-order valence-corrected chi connectivity index (χ0v) is 13.4. The van der Waals surface area contributed by atoms with Gasteiger partial charge in [0.15, 0.2) is 5.69 Å². The Kier molecular flexibility index (Phi) is 3.01. The molecule has 4 aromatic rings. The number of hydrogen-bond donors (Lipinski definition) is 3. The number of amides is 1. The molecule has 3 aromatic heterocycles. The molecule has 3 N–H and O–H groups in total. The largest absolute Gasteiger partial charge is 0.480 e. The zero-order valence-electron chi connectivity index (χ0n) is 16.4. The number of aromatic amines is 2. The summed E-state index contributed by atoms with van der Waals surface area (Å²) in [6, 6.07) is 7.03. The third-order valence-electron chi connectivity index (χ3n) is 3.86. The predicted molar refractivity (Wildman–Crippen MR) is 92.4 cm³/mol. The van der Waals surface area contributed by atoms with Gasteiger partial charge in [0, 0.05) is 28.2 Å². The van der Waals surface area contributed by atoms with Crippen molar-refractivity contribution in [2.45, 2.75) is 0 Å². The summed E-state index contributed by atoms with van der Waals surface area (Å²) < 4.78 is 26.7. The number of aromatic nitrogens is 7. The highest BCUT2D eigenvalue weighted by molar-refractivity contribution is 6.05. The first-order chi connectivity index (χ1) is 13.9. The summed E-state index contributed by atoms with van der Waals surface area (Å²) in [4.78, 5) is 16.4. The summed E-state index contributed by atoms with van der Waals surface area (Å²) in [6.07, 6.45) is 1.63. The number of H-pyrrole nitrogens is 2. The highest BCUT2D eigenvalue weighted by Gasteiger charge is 2.16. The maximum absolute atomic E-state index is 12.1. The van der Waals surface area contributed by atoms with Gasteiger partial charge < -0.3 is 10.1 Å². The van der Waals surface area contributed by atoms with Crippen molar-refractivity contribution < 1.29 is 13.6 Å². The Morgan fingerprint density at radius 2 is 2.19 bits per heavy atom. The summed E-state index contributed by atoms with van der Waals surface area (Å²) in [5, 5.41) is 23.0. The Labute approximate surface area is 151 Å². The summed E-state index contributed by atoms with van der Waals surface area (Å²) in [5.41, 5.74) is 2.65. The number of tetrazole rings is 1. The molecule has 26 heavy (non-hydrogen) atoms. The molecule has 0 unspecified atom stereocenters. The average Bonchev–Trinajstić information content (AvgIpc) is 3.35. The SMILES string of the molecule is [2H]C([2H])([2H])NC(=O)c1n[nH]c2cc(-c3cnc(OC)c(-c4nn[nH]n4)c3)ccc12. The van der Waals surface area contributed by atoms with Crippen LogP contribution in [0.25, 0.3) is 33.4 Å². The van der Waals surface area contributed by atoms with Crippen molar-refractivity contribution in [3.05, 3.63) is 36.2 Å². The van der Waals surface area contributed by atoms with Crippen molar-refractivity contribution in [1.29, 1.82) is 0 Å². The number of carbonyl (C=O) groups is 1. The fraction of sp³-hybridized carbons (Fsp3) is 0.125. The molecule has 0 saturated carbocycles. The van der Waals surface area contributed by atoms with Gasteiger partial charge in [0.05, 0.1) is 18.2 Å². The number of nitrogens with one attached hydrogen (secondary N) is 3. The lowest BCUT2D eigenvalue weighted by atomic mass is 10.0. The van der Waals surface area contributed by atoms with E-state index in [1.807, 2.05) is 5.32 Å². The number of pyridine rings is 1. The van der Waals surface area contributed by atoms with Crippen molar-refractivity contribution in [2.24, 2.45) is 0 Å². The topological polar surface area (TPSA) is 134 Å². The highest BCUT2D eigenvalue weighted by Crippen LogP contribution is 2.31. The van der Waals surface area contributed by atoms with Crippen molar-refractivity contribution in [3.63, 3.8) is 0 Å². The van der Waals surface area contributed by atoms with E-state index >= 15 is 0 Å². The molecule has 10 nitrogen and oxygen atoms in total.